The van der Waals surface area contributed by atoms with Gasteiger partial charge in [-0.1, -0.05) is 6.08 Å². The Labute approximate surface area is 96.5 Å². The zero-order valence-corrected chi connectivity index (χ0v) is 9.81. The number of carbonyl (C=O) groups excluding carboxylic acids is 1. The van der Waals surface area contributed by atoms with Crippen LogP contribution >= 0.6 is 0 Å². The van der Waals surface area contributed by atoms with Gasteiger partial charge in [-0.15, -0.1) is 6.58 Å². The number of ether oxygens (including phenoxy) is 3. The average Bonchev–Trinajstić information content (AvgIpc) is 2.28. The van der Waals surface area contributed by atoms with Crippen LogP contribution in [0.3, 0.4) is 0 Å². The first-order valence-corrected chi connectivity index (χ1v) is 5.32. The van der Waals surface area contributed by atoms with Crippen LogP contribution in [0.25, 0.3) is 0 Å². The molecular weight excluding hydrogens is 210 g/mol. The Morgan fingerprint density at radius 2 is 2.12 bits per heavy atom. The molecule has 0 aliphatic rings. The zero-order chi connectivity index (χ0) is 12.2. The van der Waals surface area contributed by atoms with E-state index in [9.17, 15) is 4.79 Å². The average molecular weight is 231 g/mol. The first kappa shape index (κ1) is 15.1. The van der Waals surface area contributed by atoms with Gasteiger partial charge in [-0.3, -0.25) is 4.79 Å². The summed E-state index contributed by atoms with van der Waals surface area (Å²) in [7, 11) is 1.62. The highest BCUT2D eigenvalue weighted by atomic mass is 16.5. The molecule has 94 valence electrons. The van der Waals surface area contributed by atoms with E-state index in [1.807, 2.05) is 0 Å². The van der Waals surface area contributed by atoms with Crippen LogP contribution in [0.2, 0.25) is 0 Å². The summed E-state index contributed by atoms with van der Waals surface area (Å²) in [6.45, 7) is 5.51. The summed E-state index contributed by atoms with van der Waals surface area (Å²) < 4.78 is 14.9. The normalized spacial score (nSPS) is 12.1. The van der Waals surface area contributed by atoms with Crippen molar-refractivity contribution in [2.45, 2.75) is 18.9 Å². The third-order valence-corrected chi connectivity index (χ3v) is 1.83. The minimum Gasteiger partial charge on any atom is -0.464 e. The van der Waals surface area contributed by atoms with E-state index in [0.29, 0.717) is 39.3 Å². The summed E-state index contributed by atoms with van der Waals surface area (Å²) in [6.07, 6.45) is 2.69. The Hall–Kier alpha value is -0.910. The maximum atomic E-state index is 11.2. The van der Waals surface area contributed by atoms with Crippen molar-refractivity contribution in [2.75, 3.05) is 33.5 Å². The van der Waals surface area contributed by atoms with Gasteiger partial charge >= 0.3 is 5.97 Å². The summed E-state index contributed by atoms with van der Waals surface area (Å²) in [5.41, 5.74) is 5.51. The van der Waals surface area contributed by atoms with Crippen LogP contribution in [0.1, 0.15) is 12.8 Å². The predicted molar refractivity (Wildman–Crippen MR) is 61.1 cm³/mol. The van der Waals surface area contributed by atoms with Crippen LogP contribution in [0.15, 0.2) is 12.7 Å². The summed E-state index contributed by atoms with van der Waals surface area (Å²) in [5, 5.41) is 0. The van der Waals surface area contributed by atoms with Crippen molar-refractivity contribution in [3.63, 3.8) is 0 Å². The van der Waals surface area contributed by atoms with Gasteiger partial charge in [-0.2, -0.15) is 0 Å². The van der Waals surface area contributed by atoms with Gasteiger partial charge in [0, 0.05) is 20.1 Å². The molecule has 0 radical (unpaired) electrons. The van der Waals surface area contributed by atoms with Gasteiger partial charge in [-0.05, 0) is 6.42 Å². The quantitative estimate of drug-likeness (QED) is 0.336. The molecule has 5 heteroatoms. The lowest BCUT2D eigenvalue weighted by Crippen LogP contribution is -2.32. The van der Waals surface area contributed by atoms with Gasteiger partial charge in [0.15, 0.2) is 0 Å². The van der Waals surface area contributed by atoms with Crippen LogP contribution in [-0.2, 0) is 19.0 Å². The van der Waals surface area contributed by atoms with Gasteiger partial charge in [0.05, 0.1) is 19.8 Å². The topological polar surface area (TPSA) is 70.8 Å². The van der Waals surface area contributed by atoms with Crippen LogP contribution in [0.5, 0.6) is 0 Å². The van der Waals surface area contributed by atoms with Gasteiger partial charge in [0.2, 0.25) is 0 Å². The molecular formula is C11H21NO4. The summed E-state index contributed by atoms with van der Waals surface area (Å²) >= 11 is 0. The van der Waals surface area contributed by atoms with Crippen molar-refractivity contribution in [2.24, 2.45) is 5.73 Å². The minimum atomic E-state index is -0.605. The maximum Gasteiger partial charge on any atom is 0.323 e. The molecule has 0 aliphatic heterocycles. The predicted octanol–water partition coefficient (Wildman–Crippen LogP) is 0.486. The molecule has 0 heterocycles. The van der Waals surface area contributed by atoms with Crippen LogP contribution < -0.4 is 5.73 Å². The Balaban J connectivity index is 3.30. The standard InChI is InChI=1S/C11H21NO4/c1-3-5-10(12)11(13)16-7-4-6-15-9-8-14-2/h3,10H,1,4-9,12H2,2H3. The second-order valence-corrected chi connectivity index (χ2v) is 3.26. The third kappa shape index (κ3) is 8.40. The molecule has 0 saturated carbocycles. The molecule has 0 aromatic heterocycles. The first-order valence-electron chi connectivity index (χ1n) is 5.32. The monoisotopic (exact) mass is 231 g/mol. The minimum absolute atomic E-state index is 0.330. The van der Waals surface area contributed by atoms with E-state index in [4.69, 9.17) is 19.9 Å². The second-order valence-electron chi connectivity index (χ2n) is 3.26. The molecule has 0 aromatic rings. The van der Waals surface area contributed by atoms with Gasteiger partial charge in [0.25, 0.3) is 0 Å². The molecule has 0 aliphatic carbocycles. The fourth-order valence-electron chi connectivity index (χ4n) is 0.961. The first-order chi connectivity index (χ1) is 7.72. The molecule has 5 nitrogen and oxygen atoms in total. The van der Waals surface area contributed by atoms with E-state index in [2.05, 4.69) is 6.58 Å². The Kier molecular flexibility index (Phi) is 10.00. The molecule has 16 heavy (non-hydrogen) atoms. The SMILES string of the molecule is C=CCC(N)C(=O)OCCCOCCOC. The number of methoxy groups -OCH3 is 1. The summed E-state index contributed by atoms with van der Waals surface area (Å²) in [4.78, 5) is 11.2. The van der Waals surface area contributed by atoms with E-state index in [1.54, 1.807) is 13.2 Å². The Bertz CT molecular complexity index is 196. The zero-order valence-electron chi connectivity index (χ0n) is 9.81. The smallest absolute Gasteiger partial charge is 0.323 e. The number of rotatable bonds is 10. The van der Waals surface area contributed by atoms with Crippen molar-refractivity contribution >= 4 is 5.97 Å². The lowest BCUT2D eigenvalue weighted by Gasteiger charge is -2.09. The highest BCUT2D eigenvalue weighted by Gasteiger charge is 2.12. The largest absolute Gasteiger partial charge is 0.464 e. The van der Waals surface area contributed by atoms with Crippen molar-refractivity contribution in [3.05, 3.63) is 12.7 Å². The number of hydrogen-bond donors (Lipinski definition) is 1. The lowest BCUT2D eigenvalue weighted by molar-refractivity contribution is -0.145. The van der Waals surface area contributed by atoms with Gasteiger partial charge in [-0.25, -0.2) is 0 Å². The molecule has 2 N–H and O–H groups in total. The van der Waals surface area contributed by atoms with Crippen LogP contribution in [0.4, 0.5) is 0 Å². The molecule has 1 unspecified atom stereocenters. The van der Waals surface area contributed by atoms with Crippen molar-refractivity contribution in [1.29, 1.82) is 0 Å². The van der Waals surface area contributed by atoms with Crippen molar-refractivity contribution in [1.82, 2.24) is 0 Å². The maximum absolute atomic E-state index is 11.2. The molecule has 0 bridgehead atoms. The summed E-state index contributed by atoms with van der Waals surface area (Å²) in [6, 6.07) is -0.605. The van der Waals surface area contributed by atoms with E-state index < -0.39 is 12.0 Å². The molecule has 0 spiro atoms. The molecule has 1 atom stereocenters. The van der Waals surface area contributed by atoms with Gasteiger partial charge < -0.3 is 19.9 Å². The second kappa shape index (κ2) is 10.6. The highest BCUT2D eigenvalue weighted by Crippen LogP contribution is 1.94. The van der Waals surface area contributed by atoms with E-state index in [0.717, 1.165) is 0 Å². The molecule has 0 fully saturated rings. The molecule has 0 aromatic carbocycles. The fraction of sp³-hybridized carbons (Fsp3) is 0.727. The molecule has 0 rings (SSSR count). The highest BCUT2D eigenvalue weighted by molar-refractivity contribution is 5.75. The Morgan fingerprint density at radius 3 is 2.75 bits per heavy atom. The number of carbonyl (C=O) groups is 1. The molecule has 0 saturated heterocycles. The number of hydrogen-bond acceptors (Lipinski definition) is 5. The number of nitrogens with two attached hydrogens (primary N) is 1. The van der Waals surface area contributed by atoms with Crippen molar-refractivity contribution < 1.29 is 19.0 Å². The van der Waals surface area contributed by atoms with Crippen molar-refractivity contribution in [3.8, 4) is 0 Å². The molecule has 0 amide bonds. The lowest BCUT2D eigenvalue weighted by atomic mass is 10.2. The van der Waals surface area contributed by atoms with Crippen LogP contribution in [-0.4, -0.2) is 45.5 Å². The van der Waals surface area contributed by atoms with Crippen LogP contribution in [0, 0.1) is 0 Å². The van der Waals surface area contributed by atoms with E-state index in [-0.39, 0.29) is 0 Å². The van der Waals surface area contributed by atoms with E-state index in [1.165, 1.54) is 0 Å². The van der Waals surface area contributed by atoms with E-state index >= 15 is 0 Å². The Morgan fingerprint density at radius 1 is 1.38 bits per heavy atom. The number of esters is 1. The fourth-order valence-corrected chi connectivity index (χ4v) is 0.961. The third-order valence-electron chi connectivity index (χ3n) is 1.83. The summed E-state index contributed by atoms with van der Waals surface area (Å²) in [5.74, 6) is -0.392. The van der Waals surface area contributed by atoms with Gasteiger partial charge in [0.1, 0.15) is 6.04 Å².